The van der Waals surface area contributed by atoms with Crippen molar-refractivity contribution < 1.29 is 14.3 Å². The minimum atomic E-state index is -0.238. The largest absolute Gasteiger partial charge is 0.497 e. The Morgan fingerprint density at radius 1 is 1.12 bits per heavy atom. The van der Waals surface area contributed by atoms with Crippen molar-refractivity contribution in [2.75, 3.05) is 32.6 Å². The number of hydrogen-bond acceptors (Lipinski definition) is 4. The number of amides is 2. The van der Waals surface area contributed by atoms with Crippen LogP contribution in [-0.2, 0) is 0 Å². The minimum Gasteiger partial charge on any atom is -0.497 e. The van der Waals surface area contributed by atoms with E-state index in [1.54, 1.807) is 38.4 Å². The Kier molecular flexibility index (Phi) is 6.03. The fourth-order valence-electron chi connectivity index (χ4n) is 1.92. The van der Waals surface area contributed by atoms with Crippen LogP contribution in [-0.4, -0.2) is 38.2 Å². The highest BCUT2D eigenvalue weighted by Crippen LogP contribution is 2.16. The molecule has 0 saturated heterocycles. The van der Waals surface area contributed by atoms with Crippen LogP contribution in [0.1, 0.15) is 5.56 Å². The lowest BCUT2D eigenvalue weighted by Crippen LogP contribution is -2.34. The van der Waals surface area contributed by atoms with Gasteiger partial charge in [-0.1, -0.05) is 0 Å². The summed E-state index contributed by atoms with van der Waals surface area (Å²) in [5, 5.41) is 11.5. The lowest BCUT2D eigenvalue weighted by molar-refractivity contribution is 0.207. The monoisotopic (exact) mass is 325 g/mol. The molecule has 124 valence electrons. The number of benzene rings is 2. The van der Waals surface area contributed by atoms with Gasteiger partial charge in [0.1, 0.15) is 18.1 Å². The number of nitrogens with zero attached hydrogens (tertiary/aromatic N) is 2. The van der Waals surface area contributed by atoms with E-state index in [-0.39, 0.29) is 6.03 Å². The van der Waals surface area contributed by atoms with Gasteiger partial charge in [-0.3, -0.25) is 0 Å². The molecule has 0 saturated carbocycles. The normalized spacial score (nSPS) is 9.71. The molecule has 6 heteroatoms. The van der Waals surface area contributed by atoms with Crippen molar-refractivity contribution in [3.05, 3.63) is 54.1 Å². The van der Waals surface area contributed by atoms with Crippen molar-refractivity contribution in [2.45, 2.75) is 0 Å². The van der Waals surface area contributed by atoms with E-state index in [4.69, 9.17) is 14.7 Å². The van der Waals surface area contributed by atoms with Crippen LogP contribution >= 0.6 is 0 Å². The molecular formula is C18H19N3O3. The molecule has 2 amide bonds. The van der Waals surface area contributed by atoms with Crippen molar-refractivity contribution in [2.24, 2.45) is 0 Å². The van der Waals surface area contributed by atoms with E-state index in [1.165, 1.54) is 4.90 Å². The van der Waals surface area contributed by atoms with Crippen LogP contribution in [0.4, 0.5) is 10.5 Å². The first-order chi connectivity index (χ1) is 11.6. The maximum Gasteiger partial charge on any atom is 0.321 e. The maximum absolute atomic E-state index is 12.1. The van der Waals surface area contributed by atoms with E-state index < -0.39 is 0 Å². The number of rotatable bonds is 6. The first-order valence-electron chi connectivity index (χ1n) is 7.41. The van der Waals surface area contributed by atoms with E-state index in [2.05, 4.69) is 5.32 Å². The van der Waals surface area contributed by atoms with Crippen LogP contribution in [0.2, 0.25) is 0 Å². The number of urea groups is 1. The Hall–Kier alpha value is -3.20. The number of likely N-dealkylation sites (N-methyl/N-ethyl adjacent to an activating group) is 1. The van der Waals surface area contributed by atoms with Gasteiger partial charge in [-0.05, 0) is 48.5 Å². The van der Waals surface area contributed by atoms with E-state index in [0.29, 0.717) is 24.4 Å². The van der Waals surface area contributed by atoms with Crippen LogP contribution < -0.4 is 14.8 Å². The highest BCUT2D eigenvalue weighted by molar-refractivity contribution is 5.89. The van der Waals surface area contributed by atoms with E-state index in [9.17, 15) is 4.79 Å². The molecule has 0 heterocycles. The summed E-state index contributed by atoms with van der Waals surface area (Å²) in [5.74, 6) is 1.48. The zero-order valence-electron chi connectivity index (χ0n) is 13.7. The summed E-state index contributed by atoms with van der Waals surface area (Å²) >= 11 is 0. The van der Waals surface area contributed by atoms with Crippen LogP contribution in [0.25, 0.3) is 0 Å². The van der Waals surface area contributed by atoms with E-state index >= 15 is 0 Å². The van der Waals surface area contributed by atoms with Crippen molar-refractivity contribution in [3.8, 4) is 17.6 Å². The zero-order chi connectivity index (χ0) is 17.4. The number of anilines is 1. The molecule has 0 atom stereocenters. The first kappa shape index (κ1) is 17.2. The summed E-state index contributed by atoms with van der Waals surface area (Å²) in [7, 11) is 3.30. The van der Waals surface area contributed by atoms with Gasteiger partial charge in [-0.2, -0.15) is 5.26 Å². The molecule has 2 rings (SSSR count). The van der Waals surface area contributed by atoms with Crippen LogP contribution in [0.3, 0.4) is 0 Å². The Bertz CT molecular complexity index is 706. The topological polar surface area (TPSA) is 74.6 Å². The second-order valence-corrected chi connectivity index (χ2v) is 5.06. The van der Waals surface area contributed by atoms with Gasteiger partial charge in [0.2, 0.25) is 0 Å². The highest BCUT2D eigenvalue weighted by atomic mass is 16.5. The van der Waals surface area contributed by atoms with Gasteiger partial charge in [-0.15, -0.1) is 0 Å². The summed E-state index contributed by atoms with van der Waals surface area (Å²) < 4.78 is 10.7. The van der Waals surface area contributed by atoms with Crippen LogP contribution in [0.15, 0.2) is 48.5 Å². The predicted octanol–water partition coefficient (Wildman–Crippen LogP) is 3.11. The Morgan fingerprint density at radius 3 is 2.33 bits per heavy atom. The second kappa shape index (κ2) is 8.44. The number of hydrogen-bond donors (Lipinski definition) is 1. The quantitative estimate of drug-likeness (QED) is 0.885. The van der Waals surface area contributed by atoms with Gasteiger partial charge >= 0.3 is 6.03 Å². The third-order valence-electron chi connectivity index (χ3n) is 3.37. The molecule has 2 aromatic rings. The molecule has 1 N–H and O–H groups in total. The molecule has 6 nitrogen and oxygen atoms in total. The lowest BCUT2D eigenvalue weighted by atomic mass is 10.2. The van der Waals surface area contributed by atoms with Crippen LogP contribution in [0, 0.1) is 11.3 Å². The first-order valence-corrected chi connectivity index (χ1v) is 7.41. The molecule has 0 spiro atoms. The average Bonchev–Trinajstić information content (AvgIpc) is 2.62. The van der Waals surface area contributed by atoms with Crippen molar-refractivity contribution in [3.63, 3.8) is 0 Å². The molecule has 0 bridgehead atoms. The zero-order valence-corrected chi connectivity index (χ0v) is 13.7. The summed E-state index contributed by atoms with van der Waals surface area (Å²) in [5.41, 5.74) is 1.19. The summed E-state index contributed by atoms with van der Waals surface area (Å²) in [4.78, 5) is 13.6. The average molecular weight is 325 g/mol. The molecule has 0 aliphatic carbocycles. The van der Waals surface area contributed by atoms with Gasteiger partial charge in [0, 0.05) is 12.7 Å². The summed E-state index contributed by atoms with van der Waals surface area (Å²) in [6.07, 6.45) is 0. The van der Waals surface area contributed by atoms with E-state index in [0.717, 1.165) is 11.5 Å². The SMILES string of the molecule is COc1ccc(OCCN(C)C(=O)Nc2ccc(C#N)cc2)cc1. The predicted molar refractivity (Wildman–Crippen MR) is 91.3 cm³/mol. The summed E-state index contributed by atoms with van der Waals surface area (Å²) in [6.45, 7) is 0.817. The Morgan fingerprint density at radius 2 is 1.75 bits per heavy atom. The number of nitrogens with one attached hydrogen (secondary N) is 1. The number of carbonyl (C=O) groups is 1. The van der Waals surface area contributed by atoms with Crippen molar-refractivity contribution in [1.29, 1.82) is 5.26 Å². The smallest absolute Gasteiger partial charge is 0.321 e. The van der Waals surface area contributed by atoms with Gasteiger partial charge < -0.3 is 19.7 Å². The molecule has 0 radical (unpaired) electrons. The molecule has 2 aromatic carbocycles. The molecule has 0 aromatic heterocycles. The molecular weight excluding hydrogens is 306 g/mol. The number of carbonyl (C=O) groups excluding carboxylic acids is 1. The third kappa shape index (κ3) is 4.92. The molecule has 24 heavy (non-hydrogen) atoms. The van der Waals surface area contributed by atoms with Gasteiger partial charge in [-0.25, -0.2) is 4.79 Å². The fraction of sp³-hybridized carbons (Fsp3) is 0.222. The molecule has 0 unspecified atom stereocenters. The molecule has 0 fully saturated rings. The van der Waals surface area contributed by atoms with Crippen LogP contribution in [0.5, 0.6) is 11.5 Å². The minimum absolute atomic E-state index is 0.238. The van der Waals surface area contributed by atoms with Gasteiger partial charge in [0.15, 0.2) is 0 Å². The van der Waals surface area contributed by atoms with Crippen molar-refractivity contribution >= 4 is 11.7 Å². The van der Waals surface area contributed by atoms with Gasteiger partial charge in [0.25, 0.3) is 0 Å². The standard InChI is InChI=1S/C18H19N3O3/c1-21(11-12-24-17-9-7-16(23-2)8-10-17)18(22)20-15-5-3-14(13-19)4-6-15/h3-10H,11-12H2,1-2H3,(H,20,22). The van der Waals surface area contributed by atoms with E-state index in [1.807, 2.05) is 30.3 Å². The fourth-order valence-corrected chi connectivity index (χ4v) is 1.92. The maximum atomic E-state index is 12.1. The van der Waals surface area contributed by atoms with Crippen molar-refractivity contribution in [1.82, 2.24) is 4.90 Å². The molecule has 0 aliphatic heterocycles. The Labute approximate surface area is 141 Å². The lowest BCUT2D eigenvalue weighted by Gasteiger charge is -2.18. The molecule has 0 aliphatic rings. The highest BCUT2D eigenvalue weighted by Gasteiger charge is 2.08. The number of methoxy groups -OCH3 is 1. The second-order valence-electron chi connectivity index (χ2n) is 5.06. The third-order valence-corrected chi connectivity index (χ3v) is 3.37. The van der Waals surface area contributed by atoms with Gasteiger partial charge in [0.05, 0.1) is 25.3 Å². The summed E-state index contributed by atoms with van der Waals surface area (Å²) in [6, 6.07) is 15.8. The number of nitriles is 1. The Balaban J connectivity index is 1.77. The number of ether oxygens (including phenoxy) is 2.